The molecular formula is C12H19IN2. The summed E-state index contributed by atoms with van der Waals surface area (Å²) in [6, 6.07) is 6.69. The number of rotatable bonds is 5. The first-order valence-electron chi connectivity index (χ1n) is 5.41. The molecule has 0 saturated carbocycles. The highest BCUT2D eigenvalue weighted by atomic mass is 127. The molecule has 0 spiro atoms. The highest BCUT2D eigenvalue weighted by Gasteiger charge is 2.12. The average Bonchev–Trinajstić information content (AvgIpc) is 2.25. The van der Waals surface area contributed by atoms with Crippen LogP contribution in [0.5, 0.6) is 0 Å². The fourth-order valence-electron chi connectivity index (χ4n) is 1.68. The Balaban J connectivity index is 2.86. The molecule has 3 N–H and O–H groups in total. The van der Waals surface area contributed by atoms with Gasteiger partial charge in [-0.1, -0.05) is 38.0 Å². The van der Waals surface area contributed by atoms with Crippen molar-refractivity contribution < 1.29 is 0 Å². The maximum Gasteiger partial charge on any atom is 0.0470 e. The minimum Gasteiger partial charge on any atom is -0.271 e. The third-order valence-corrected chi connectivity index (χ3v) is 4.12. The summed E-state index contributed by atoms with van der Waals surface area (Å²) in [4.78, 5) is 0. The normalized spacial score (nSPS) is 12.8. The monoisotopic (exact) mass is 318 g/mol. The smallest absolute Gasteiger partial charge is 0.0470 e. The molecule has 0 aliphatic rings. The second-order valence-electron chi connectivity index (χ2n) is 3.84. The van der Waals surface area contributed by atoms with Crippen molar-refractivity contribution in [2.24, 2.45) is 5.84 Å². The van der Waals surface area contributed by atoms with Gasteiger partial charge in [0.2, 0.25) is 0 Å². The molecule has 0 bridgehead atoms. The van der Waals surface area contributed by atoms with E-state index in [0.29, 0.717) is 0 Å². The third kappa shape index (κ3) is 3.43. The number of hydrogen-bond donors (Lipinski definition) is 2. The summed E-state index contributed by atoms with van der Waals surface area (Å²) in [6.07, 6.45) is 3.52. The zero-order valence-electron chi connectivity index (χ0n) is 9.39. The molecular weight excluding hydrogens is 299 g/mol. The molecule has 0 heterocycles. The third-order valence-electron chi connectivity index (χ3n) is 2.64. The molecule has 0 aliphatic carbocycles. The number of unbranched alkanes of at least 4 members (excludes halogenated alkanes) is 1. The molecule has 0 aliphatic heterocycles. The molecule has 0 aromatic heterocycles. The van der Waals surface area contributed by atoms with E-state index in [0.717, 1.165) is 6.42 Å². The van der Waals surface area contributed by atoms with Crippen molar-refractivity contribution in [2.45, 2.75) is 39.2 Å². The molecule has 2 nitrogen and oxygen atoms in total. The molecule has 3 heteroatoms. The number of benzene rings is 1. The van der Waals surface area contributed by atoms with Crippen LogP contribution in [0.4, 0.5) is 0 Å². The van der Waals surface area contributed by atoms with Crippen LogP contribution in [0.15, 0.2) is 18.2 Å². The van der Waals surface area contributed by atoms with E-state index in [4.69, 9.17) is 5.84 Å². The molecule has 0 amide bonds. The van der Waals surface area contributed by atoms with E-state index in [1.807, 2.05) is 0 Å². The molecule has 1 aromatic carbocycles. The van der Waals surface area contributed by atoms with E-state index in [-0.39, 0.29) is 6.04 Å². The van der Waals surface area contributed by atoms with Crippen LogP contribution in [0, 0.1) is 10.5 Å². The average molecular weight is 318 g/mol. The summed E-state index contributed by atoms with van der Waals surface area (Å²) in [6.45, 7) is 4.34. The summed E-state index contributed by atoms with van der Waals surface area (Å²) in [7, 11) is 0. The zero-order valence-corrected chi connectivity index (χ0v) is 11.5. The van der Waals surface area contributed by atoms with Gasteiger partial charge in [0, 0.05) is 9.61 Å². The summed E-state index contributed by atoms with van der Waals surface area (Å²) in [5.74, 6) is 5.61. The highest BCUT2D eigenvalue weighted by molar-refractivity contribution is 14.1. The maximum absolute atomic E-state index is 5.61. The van der Waals surface area contributed by atoms with Gasteiger partial charge in [-0.05, 0) is 47.1 Å². The lowest BCUT2D eigenvalue weighted by Gasteiger charge is -2.18. The lowest BCUT2D eigenvalue weighted by Crippen LogP contribution is -2.28. The highest BCUT2D eigenvalue weighted by Crippen LogP contribution is 2.25. The SMILES string of the molecule is CCCCC(NN)c1cccc(C)c1I. The molecule has 84 valence electrons. The van der Waals surface area contributed by atoms with Gasteiger partial charge in [-0.3, -0.25) is 11.3 Å². The van der Waals surface area contributed by atoms with Crippen LogP contribution < -0.4 is 11.3 Å². The number of nitrogens with one attached hydrogen (secondary N) is 1. The van der Waals surface area contributed by atoms with Gasteiger partial charge in [0.15, 0.2) is 0 Å². The van der Waals surface area contributed by atoms with Crippen molar-refractivity contribution in [1.82, 2.24) is 5.43 Å². The van der Waals surface area contributed by atoms with Gasteiger partial charge < -0.3 is 0 Å². The van der Waals surface area contributed by atoms with Crippen molar-refractivity contribution >= 4 is 22.6 Å². The van der Waals surface area contributed by atoms with E-state index in [1.165, 1.54) is 27.5 Å². The van der Waals surface area contributed by atoms with Crippen LogP contribution in [0.1, 0.15) is 43.4 Å². The number of hydrogen-bond acceptors (Lipinski definition) is 2. The van der Waals surface area contributed by atoms with E-state index < -0.39 is 0 Å². The lowest BCUT2D eigenvalue weighted by molar-refractivity contribution is 0.493. The predicted molar refractivity (Wildman–Crippen MR) is 73.5 cm³/mol. The number of aryl methyl sites for hydroxylation is 1. The largest absolute Gasteiger partial charge is 0.271 e. The Morgan fingerprint density at radius 2 is 2.20 bits per heavy atom. The van der Waals surface area contributed by atoms with Gasteiger partial charge in [-0.25, -0.2) is 0 Å². The van der Waals surface area contributed by atoms with E-state index in [2.05, 4.69) is 60.1 Å². The second-order valence-corrected chi connectivity index (χ2v) is 4.92. The van der Waals surface area contributed by atoms with Crippen molar-refractivity contribution in [2.75, 3.05) is 0 Å². The molecule has 1 aromatic rings. The van der Waals surface area contributed by atoms with Gasteiger partial charge in [-0.2, -0.15) is 0 Å². The molecule has 1 atom stereocenters. The first kappa shape index (κ1) is 12.9. The maximum atomic E-state index is 5.61. The minimum absolute atomic E-state index is 0.289. The summed E-state index contributed by atoms with van der Waals surface area (Å²) >= 11 is 2.40. The molecule has 1 rings (SSSR count). The Hall–Kier alpha value is -0.130. The molecule has 15 heavy (non-hydrogen) atoms. The number of halogens is 1. The summed E-state index contributed by atoms with van der Waals surface area (Å²) < 4.78 is 1.33. The molecule has 0 fully saturated rings. The van der Waals surface area contributed by atoms with Gasteiger partial charge in [0.1, 0.15) is 0 Å². The topological polar surface area (TPSA) is 38.0 Å². The lowest BCUT2D eigenvalue weighted by atomic mass is 10.0. The van der Waals surface area contributed by atoms with Crippen LogP contribution in [-0.4, -0.2) is 0 Å². The van der Waals surface area contributed by atoms with Crippen LogP contribution in [-0.2, 0) is 0 Å². The molecule has 0 saturated heterocycles. The Morgan fingerprint density at radius 1 is 1.47 bits per heavy atom. The van der Waals surface area contributed by atoms with Gasteiger partial charge >= 0.3 is 0 Å². The first-order valence-corrected chi connectivity index (χ1v) is 6.49. The Kier molecular flexibility index (Phi) is 5.56. The fraction of sp³-hybridized carbons (Fsp3) is 0.500. The standard InChI is InChI=1S/C12H19IN2/c1-3-4-8-11(15-14)10-7-5-6-9(2)12(10)13/h5-7,11,15H,3-4,8,14H2,1-2H3. The second kappa shape index (κ2) is 6.45. The Bertz CT molecular complexity index is 312. The van der Waals surface area contributed by atoms with E-state index in [1.54, 1.807) is 0 Å². The predicted octanol–water partition coefficient (Wildman–Crippen LogP) is 3.29. The Morgan fingerprint density at radius 3 is 2.80 bits per heavy atom. The fourth-order valence-corrected chi connectivity index (χ4v) is 2.41. The van der Waals surface area contributed by atoms with Crippen molar-refractivity contribution in [3.63, 3.8) is 0 Å². The van der Waals surface area contributed by atoms with Crippen molar-refractivity contribution in [1.29, 1.82) is 0 Å². The zero-order chi connectivity index (χ0) is 11.3. The van der Waals surface area contributed by atoms with Crippen LogP contribution in [0.3, 0.4) is 0 Å². The Labute approximate surface area is 106 Å². The molecule has 0 radical (unpaired) electrons. The number of nitrogens with two attached hydrogens (primary N) is 1. The van der Waals surface area contributed by atoms with Crippen LogP contribution in [0.2, 0.25) is 0 Å². The first-order chi connectivity index (χ1) is 7.20. The van der Waals surface area contributed by atoms with Gasteiger partial charge in [0.25, 0.3) is 0 Å². The number of hydrazine groups is 1. The van der Waals surface area contributed by atoms with Crippen molar-refractivity contribution in [3.05, 3.63) is 32.9 Å². The van der Waals surface area contributed by atoms with Crippen LogP contribution in [0.25, 0.3) is 0 Å². The van der Waals surface area contributed by atoms with Crippen molar-refractivity contribution in [3.8, 4) is 0 Å². The van der Waals surface area contributed by atoms with Gasteiger partial charge in [-0.15, -0.1) is 0 Å². The summed E-state index contributed by atoms with van der Waals surface area (Å²) in [5, 5.41) is 0. The minimum atomic E-state index is 0.289. The quantitative estimate of drug-likeness (QED) is 0.497. The van der Waals surface area contributed by atoms with Gasteiger partial charge in [0.05, 0.1) is 0 Å². The van der Waals surface area contributed by atoms with Crippen LogP contribution >= 0.6 is 22.6 Å². The molecule has 1 unspecified atom stereocenters. The van der Waals surface area contributed by atoms with E-state index in [9.17, 15) is 0 Å². The van der Waals surface area contributed by atoms with E-state index >= 15 is 0 Å². The summed E-state index contributed by atoms with van der Waals surface area (Å²) in [5.41, 5.74) is 5.57.